The largest absolute Gasteiger partial charge is 0.394 e. The van der Waals surface area contributed by atoms with Crippen molar-refractivity contribution < 1.29 is 9.84 Å². The van der Waals surface area contributed by atoms with E-state index in [0.29, 0.717) is 12.5 Å². The van der Waals surface area contributed by atoms with Gasteiger partial charge in [-0.3, -0.25) is 4.68 Å². The van der Waals surface area contributed by atoms with E-state index in [4.69, 9.17) is 9.84 Å². The van der Waals surface area contributed by atoms with Gasteiger partial charge in [0.25, 0.3) is 0 Å². The molecule has 0 bridgehead atoms. The van der Waals surface area contributed by atoms with Crippen LogP contribution in [0.15, 0.2) is 12.4 Å². The standard InChI is InChI=1S/C12H21N3O2/c16-4-3-15-9-12(8-14-15)7-13-6-11-2-1-5-17-10-11/h8-9,11,13,16H,1-7,10H2. The molecule has 0 saturated carbocycles. The average molecular weight is 239 g/mol. The predicted molar refractivity (Wildman–Crippen MR) is 64.6 cm³/mol. The van der Waals surface area contributed by atoms with E-state index >= 15 is 0 Å². The minimum Gasteiger partial charge on any atom is -0.394 e. The first kappa shape index (κ1) is 12.5. The fourth-order valence-corrected chi connectivity index (χ4v) is 2.11. The van der Waals surface area contributed by atoms with Gasteiger partial charge in [0.1, 0.15) is 0 Å². The van der Waals surface area contributed by atoms with E-state index in [0.717, 1.165) is 31.9 Å². The number of nitrogens with zero attached hydrogens (tertiary/aromatic N) is 2. The monoisotopic (exact) mass is 239 g/mol. The summed E-state index contributed by atoms with van der Waals surface area (Å²) < 4.78 is 7.20. The Morgan fingerprint density at radius 2 is 2.53 bits per heavy atom. The number of rotatable bonds is 6. The minimum atomic E-state index is 0.133. The quantitative estimate of drug-likeness (QED) is 0.754. The van der Waals surface area contributed by atoms with Gasteiger partial charge in [-0.25, -0.2) is 0 Å². The second-order valence-corrected chi connectivity index (χ2v) is 4.55. The molecule has 5 nitrogen and oxygen atoms in total. The third kappa shape index (κ3) is 4.11. The lowest BCUT2D eigenvalue weighted by Gasteiger charge is -2.22. The molecule has 2 rings (SSSR count). The molecule has 0 amide bonds. The molecule has 1 aromatic heterocycles. The summed E-state index contributed by atoms with van der Waals surface area (Å²) in [7, 11) is 0. The van der Waals surface area contributed by atoms with Crippen molar-refractivity contribution in [2.75, 3.05) is 26.4 Å². The summed E-state index contributed by atoms with van der Waals surface area (Å²) in [5.74, 6) is 0.649. The molecule has 0 spiro atoms. The lowest BCUT2D eigenvalue weighted by molar-refractivity contribution is 0.0547. The topological polar surface area (TPSA) is 59.3 Å². The van der Waals surface area contributed by atoms with Gasteiger partial charge in [0.2, 0.25) is 0 Å². The molecule has 1 atom stereocenters. The summed E-state index contributed by atoms with van der Waals surface area (Å²) in [6, 6.07) is 0. The number of aromatic nitrogens is 2. The number of aliphatic hydroxyl groups excluding tert-OH is 1. The van der Waals surface area contributed by atoms with Crippen molar-refractivity contribution in [3.8, 4) is 0 Å². The van der Waals surface area contributed by atoms with Crippen molar-refractivity contribution in [1.29, 1.82) is 0 Å². The fourth-order valence-electron chi connectivity index (χ4n) is 2.11. The second kappa shape index (κ2) is 6.74. The van der Waals surface area contributed by atoms with E-state index in [1.807, 2.05) is 12.4 Å². The zero-order valence-corrected chi connectivity index (χ0v) is 10.1. The lowest BCUT2D eigenvalue weighted by Crippen LogP contribution is -2.28. The van der Waals surface area contributed by atoms with Crippen molar-refractivity contribution in [2.24, 2.45) is 5.92 Å². The number of ether oxygens (including phenoxy) is 1. The van der Waals surface area contributed by atoms with E-state index in [-0.39, 0.29) is 6.61 Å². The second-order valence-electron chi connectivity index (χ2n) is 4.55. The Balaban J connectivity index is 1.66. The Morgan fingerprint density at radius 3 is 3.29 bits per heavy atom. The first-order valence-corrected chi connectivity index (χ1v) is 6.29. The van der Waals surface area contributed by atoms with Crippen molar-refractivity contribution in [3.63, 3.8) is 0 Å². The summed E-state index contributed by atoms with van der Waals surface area (Å²) in [4.78, 5) is 0. The van der Waals surface area contributed by atoms with Crippen LogP contribution in [0.4, 0.5) is 0 Å². The zero-order chi connectivity index (χ0) is 11.9. The average Bonchev–Trinajstić information content (AvgIpc) is 2.79. The van der Waals surface area contributed by atoms with Crippen LogP contribution in [0.3, 0.4) is 0 Å². The van der Waals surface area contributed by atoms with Crippen molar-refractivity contribution >= 4 is 0 Å². The SMILES string of the molecule is OCCn1cc(CNCC2CCCOC2)cn1. The smallest absolute Gasteiger partial charge is 0.0640 e. The number of hydrogen-bond acceptors (Lipinski definition) is 4. The highest BCUT2D eigenvalue weighted by Crippen LogP contribution is 2.12. The van der Waals surface area contributed by atoms with Crippen LogP contribution in [-0.2, 0) is 17.8 Å². The molecule has 17 heavy (non-hydrogen) atoms. The van der Waals surface area contributed by atoms with Gasteiger partial charge in [-0.15, -0.1) is 0 Å². The van der Waals surface area contributed by atoms with Gasteiger partial charge in [-0.1, -0.05) is 0 Å². The van der Waals surface area contributed by atoms with Gasteiger partial charge in [-0.05, 0) is 18.8 Å². The molecule has 96 valence electrons. The van der Waals surface area contributed by atoms with Gasteiger partial charge in [0.15, 0.2) is 0 Å². The molecule has 1 fully saturated rings. The maximum atomic E-state index is 8.78. The molecule has 1 aromatic rings. The number of nitrogens with one attached hydrogen (secondary N) is 1. The van der Waals surface area contributed by atoms with Crippen LogP contribution in [-0.4, -0.2) is 41.3 Å². The first-order valence-electron chi connectivity index (χ1n) is 6.29. The highest BCUT2D eigenvalue weighted by Gasteiger charge is 2.13. The van der Waals surface area contributed by atoms with Crippen LogP contribution >= 0.6 is 0 Å². The van der Waals surface area contributed by atoms with Crippen LogP contribution in [0, 0.1) is 5.92 Å². The molecular formula is C12H21N3O2. The van der Waals surface area contributed by atoms with Crippen LogP contribution < -0.4 is 5.32 Å². The van der Waals surface area contributed by atoms with Crippen molar-refractivity contribution in [3.05, 3.63) is 18.0 Å². The van der Waals surface area contributed by atoms with Gasteiger partial charge < -0.3 is 15.2 Å². The molecule has 0 radical (unpaired) electrons. The molecule has 1 saturated heterocycles. The van der Waals surface area contributed by atoms with Crippen LogP contribution in [0.1, 0.15) is 18.4 Å². The predicted octanol–water partition coefficient (Wildman–Crippen LogP) is 0.392. The van der Waals surface area contributed by atoms with Crippen molar-refractivity contribution in [1.82, 2.24) is 15.1 Å². The Hall–Kier alpha value is -0.910. The Kier molecular flexibility index (Phi) is 4.97. The summed E-state index contributed by atoms with van der Waals surface area (Å²) in [5.41, 5.74) is 1.16. The van der Waals surface area contributed by atoms with E-state index in [9.17, 15) is 0 Å². The molecular weight excluding hydrogens is 218 g/mol. The minimum absolute atomic E-state index is 0.133. The summed E-state index contributed by atoms with van der Waals surface area (Å²) in [5, 5.41) is 16.4. The zero-order valence-electron chi connectivity index (χ0n) is 10.1. The van der Waals surface area contributed by atoms with E-state index in [2.05, 4.69) is 10.4 Å². The third-order valence-electron chi connectivity index (χ3n) is 3.03. The Labute approximate surface area is 102 Å². The van der Waals surface area contributed by atoms with Crippen molar-refractivity contribution in [2.45, 2.75) is 25.9 Å². The Bertz CT molecular complexity index is 321. The van der Waals surface area contributed by atoms with Gasteiger partial charge >= 0.3 is 0 Å². The van der Waals surface area contributed by atoms with Crippen LogP contribution in [0.5, 0.6) is 0 Å². The maximum absolute atomic E-state index is 8.78. The number of aliphatic hydroxyl groups is 1. The first-order chi connectivity index (χ1) is 8.38. The summed E-state index contributed by atoms with van der Waals surface area (Å²) in [6.07, 6.45) is 6.26. The summed E-state index contributed by atoms with van der Waals surface area (Å²) in [6.45, 7) is 4.35. The highest BCUT2D eigenvalue weighted by molar-refractivity contribution is 5.03. The maximum Gasteiger partial charge on any atom is 0.0640 e. The lowest BCUT2D eigenvalue weighted by atomic mass is 10.0. The van der Waals surface area contributed by atoms with Gasteiger partial charge in [-0.2, -0.15) is 5.10 Å². The van der Waals surface area contributed by atoms with E-state index in [1.165, 1.54) is 12.8 Å². The third-order valence-corrected chi connectivity index (χ3v) is 3.03. The summed E-state index contributed by atoms with van der Waals surface area (Å²) >= 11 is 0. The normalized spacial score (nSPS) is 20.6. The Morgan fingerprint density at radius 1 is 1.59 bits per heavy atom. The van der Waals surface area contributed by atoms with Gasteiger partial charge in [0, 0.05) is 31.5 Å². The molecule has 0 aromatic carbocycles. The molecule has 1 aliphatic rings. The van der Waals surface area contributed by atoms with Gasteiger partial charge in [0.05, 0.1) is 26.0 Å². The molecule has 2 N–H and O–H groups in total. The van der Waals surface area contributed by atoms with Crippen LogP contribution in [0.25, 0.3) is 0 Å². The number of hydrogen-bond donors (Lipinski definition) is 2. The molecule has 0 aliphatic carbocycles. The molecule has 1 aliphatic heterocycles. The fraction of sp³-hybridized carbons (Fsp3) is 0.750. The molecule has 5 heteroatoms. The highest BCUT2D eigenvalue weighted by atomic mass is 16.5. The van der Waals surface area contributed by atoms with E-state index in [1.54, 1.807) is 4.68 Å². The molecule has 2 heterocycles. The molecule has 1 unspecified atom stereocenters. The van der Waals surface area contributed by atoms with Crippen LogP contribution in [0.2, 0.25) is 0 Å². The van der Waals surface area contributed by atoms with E-state index < -0.39 is 0 Å².